The molecule has 2 rings (SSSR count). The molecule has 0 radical (unpaired) electrons. The fourth-order valence-electron chi connectivity index (χ4n) is 2.01. The molecule has 2 aromatic carbocycles. The van der Waals surface area contributed by atoms with Crippen molar-refractivity contribution < 1.29 is 31.1 Å². The van der Waals surface area contributed by atoms with Crippen LogP contribution in [-0.4, -0.2) is 6.36 Å². The largest absolute Gasteiger partial charge is 0.573 e. The van der Waals surface area contributed by atoms with Crippen LogP contribution in [0.25, 0.3) is 0 Å². The fourth-order valence-corrected chi connectivity index (χ4v) is 2.51. The summed E-state index contributed by atoms with van der Waals surface area (Å²) in [6.07, 6.45) is -9.35. The van der Waals surface area contributed by atoms with Gasteiger partial charge >= 0.3 is 12.5 Å². The Hall–Kier alpha value is -1.74. The quantitative estimate of drug-likeness (QED) is 0.682. The third kappa shape index (κ3) is 4.64. The van der Waals surface area contributed by atoms with Crippen molar-refractivity contribution in [3.05, 3.63) is 63.6 Å². The number of ether oxygens (including phenoxy) is 1. The smallest absolute Gasteiger partial charge is 0.406 e. The Morgan fingerprint density at radius 3 is 2.00 bits per heavy atom. The Kier molecular flexibility index (Phi) is 5.14. The molecule has 0 saturated carbocycles. The molecule has 0 saturated heterocycles. The number of alkyl halides is 6. The van der Waals surface area contributed by atoms with Crippen LogP contribution in [0.2, 0.25) is 0 Å². The van der Waals surface area contributed by atoms with Crippen LogP contribution in [0.4, 0.5) is 26.3 Å². The van der Waals surface area contributed by atoms with Crippen molar-refractivity contribution in [3.63, 3.8) is 0 Å². The second-order valence-electron chi connectivity index (χ2n) is 4.83. The summed E-state index contributed by atoms with van der Waals surface area (Å²) in [6.45, 7) is 0. The van der Waals surface area contributed by atoms with Crippen molar-refractivity contribution in [1.82, 2.24) is 0 Å². The summed E-state index contributed by atoms with van der Waals surface area (Å²) >= 11 is 3.13. The van der Waals surface area contributed by atoms with Gasteiger partial charge in [-0.2, -0.15) is 13.2 Å². The van der Waals surface area contributed by atoms with Crippen molar-refractivity contribution in [2.45, 2.75) is 18.6 Å². The molecule has 9 heteroatoms. The predicted molar refractivity (Wildman–Crippen MR) is 78.3 cm³/mol. The van der Waals surface area contributed by atoms with Crippen LogP contribution < -0.4 is 10.5 Å². The van der Waals surface area contributed by atoms with E-state index in [9.17, 15) is 26.3 Å². The summed E-state index contributed by atoms with van der Waals surface area (Å²) in [4.78, 5) is 0. The number of rotatable bonds is 3. The molecule has 24 heavy (non-hydrogen) atoms. The summed E-state index contributed by atoms with van der Waals surface area (Å²) < 4.78 is 78.8. The maximum Gasteiger partial charge on any atom is 0.573 e. The second kappa shape index (κ2) is 6.64. The molecule has 0 amide bonds. The van der Waals surface area contributed by atoms with Gasteiger partial charge in [-0.05, 0) is 41.5 Å². The third-order valence-corrected chi connectivity index (χ3v) is 3.85. The van der Waals surface area contributed by atoms with Gasteiger partial charge in [-0.3, -0.25) is 0 Å². The molecular formula is C15H10BrF6NO. The lowest BCUT2D eigenvalue weighted by Gasteiger charge is -2.17. The molecule has 0 aliphatic rings. The van der Waals surface area contributed by atoms with Crippen LogP contribution in [0.1, 0.15) is 22.7 Å². The number of nitrogens with two attached hydrogens (primary N) is 1. The number of halogens is 7. The minimum absolute atomic E-state index is 0.161. The Labute approximate surface area is 141 Å². The second-order valence-corrected chi connectivity index (χ2v) is 5.68. The van der Waals surface area contributed by atoms with E-state index < -0.39 is 29.9 Å². The minimum Gasteiger partial charge on any atom is -0.406 e. The molecule has 0 spiro atoms. The normalized spacial score (nSPS) is 13.7. The zero-order chi connectivity index (χ0) is 18.1. The Balaban J connectivity index is 2.30. The lowest BCUT2D eigenvalue weighted by atomic mass is 9.98. The SMILES string of the molecule is N[C@@H](c1ccc(OC(F)(F)F)cc1)c1cc(C(F)(F)F)ccc1Br. The lowest BCUT2D eigenvalue weighted by molar-refractivity contribution is -0.274. The highest BCUT2D eigenvalue weighted by Crippen LogP contribution is 2.35. The summed E-state index contributed by atoms with van der Waals surface area (Å²) in [5, 5.41) is 0. The van der Waals surface area contributed by atoms with E-state index in [0.717, 1.165) is 24.3 Å². The summed E-state index contributed by atoms with van der Waals surface area (Å²) in [5.74, 6) is -0.443. The molecule has 0 bridgehead atoms. The van der Waals surface area contributed by atoms with Crippen molar-refractivity contribution in [2.75, 3.05) is 0 Å². The zero-order valence-corrected chi connectivity index (χ0v) is 13.3. The van der Waals surface area contributed by atoms with E-state index in [2.05, 4.69) is 20.7 Å². The van der Waals surface area contributed by atoms with Gasteiger partial charge in [0, 0.05) is 4.47 Å². The van der Waals surface area contributed by atoms with Crippen molar-refractivity contribution in [2.24, 2.45) is 5.73 Å². The van der Waals surface area contributed by atoms with E-state index in [1.165, 1.54) is 18.2 Å². The first-order valence-electron chi connectivity index (χ1n) is 6.45. The van der Waals surface area contributed by atoms with E-state index >= 15 is 0 Å². The fraction of sp³-hybridized carbons (Fsp3) is 0.200. The predicted octanol–water partition coefficient (Wildman–Crippen LogP) is 5.41. The molecule has 0 heterocycles. The number of benzene rings is 2. The van der Waals surface area contributed by atoms with Crippen LogP contribution in [0.3, 0.4) is 0 Å². The summed E-state index contributed by atoms with van der Waals surface area (Å²) in [5.41, 5.74) is 5.58. The van der Waals surface area contributed by atoms with E-state index in [0.29, 0.717) is 10.0 Å². The molecule has 1 atom stereocenters. The Bertz CT molecular complexity index is 711. The molecular weight excluding hydrogens is 404 g/mol. The van der Waals surface area contributed by atoms with Crippen LogP contribution in [0.5, 0.6) is 5.75 Å². The Morgan fingerprint density at radius 2 is 1.50 bits per heavy atom. The lowest BCUT2D eigenvalue weighted by Crippen LogP contribution is -2.17. The van der Waals surface area contributed by atoms with Crippen LogP contribution in [-0.2, 0) is 6.18 Å². The topological polar surface area (TPSA) is 35.2 Å². The monoisotopic (exact) mass is 413 g/mol. The first-order chi connectivity index (χ1) is 11.0. The van der Waals surface area contributed by atoms with E-state index in [4.69, 9.17) is 5.73 Å². The molecule has 0 unspecified atom stereocenters. The highest BCUT2D eigenvalue weighted by Gasteiger charge is 2.32. The van der Waals surface area contributed by atoms with Crippen molar-refractivity contribution in [3.8, 4) is 5.75 Å². The molecule has 0 aromatic heterocycles. The zero-order valence-electron chi connectivity index (χ0n) is 11.8. The molecule has 2 nitrogen and oxygen atoms in total. The van der Waals surface area contributed by atoms with Crippen molar-refractivity contribution in [1.29, 1.82) is 0 Å². The van der Waals surface area contributed by atoms with Gasteiger partial charge in [0.15, 0.2) is 0 Å². The minimum atomic E-state index is -4.83. The standard InChI is InChI=1S/C15H10BrF6NO/c16-12-6-3-9(14(17,18)19)7-11(12)13(23)8-1-4-10(5-2-8)24-15(20,21)22/h1-7,13H,23H2/t13-/m0/s1. The molecule has 0 fully saturated rings. The number of hydrogen-bond donors (Lipinski definition) is 1. The van der Waals surface area contributed by atoms with Gasteiger partial charge in [0.1, 0.15) is 5.75 Å². The van der Waals surface area contributed by atoms with Gasteiger partial charge in [0.25, 0.3) is 0 Å². The van der Waals surface area contributed by atoms with Gasteiger partial charge in [-0.1, -0.05) is 28.1 Å². The van der Waals surface area contributed by atoms with Crippen LogP contribution in [0, 0.1) is 0 Å². The van der Waals surface area contributed by atoms with Crippen LogP contribution >= 0.6 is 15.9 Å². The molecule has 130 valence electrons. The van der Waals surface area contributed by atoms with Crippen molar-refractivity contribution >= 4 is 15.9 Å². The summed E-state index contributed by atoms with van der Waals surface area (Å²) in [7, 11) is 0. The summed E-state index contributed by atoms with van der Waals surface area (Å²) in [6, 6.07) is 6.68. The molecule has 0 aliphatic carbocycles. The van der Waals surface area contributed by atoms with E-state index in [-0.39, 0.29) is 5.56 Å². The first-order valence-corrected chi connectivity index (χ1v) is 7.24. The van der Waals surface area contributed by atoms with Gasteiger partial charge < -0.3 is 10.5 Å². The van der Waals surface area contributed by atoms with E-state index in [1.54, 1.807) is 0 Å². The van der Waals surface area contributed by atoms with Crippen LogP contribution in [0.15, 0.2) is 46.9 Å². The average molecular weight is 414 g/mol. The van der Waals surface area contributed by atoms with Gasteiger partial charge in [-0.25, -0.2) is 0 Å². The Morgan fingerprint density at radius 1 is 0.917 bits per heavy atom. The van der Waals surface area contributed by atoms with Gasteiger partial charge in [0.05, 0.1) is 11.6 Å². The van der Waals surface area contributed by atoms with Gasteiger partial charge in [0.2, 0.25) is 0 Å². The maximum absolute atomic E-state index is 12.8. The molecule has 2 aromatic rings. The average Bonchev–Trinajstić information content (AvgIpc) is 2.45. The highest BCUT2D eigenvalue weighted by atomic mass is 79.9. The number of hydrogen-bond acceptors (Lipinski definition) is 2. The molecule has 0 aliphatic heterocycles. The third-order valence-electron chi connectivity index (χ3n) is 3.13. The van der Waals surface area contributed by atoms with E-state index in [1.807, 2.05) is 0 Å². The highest BCUT2D eigenvalue weighted by molar-refractivity contribution is 9.10. The maximum atomic E-state index is 12.8. The first kappa shape index (κ1) is 18.6. The van der Waals surface area contributed by atoms with Gasteiger partial charge in [-0.15, -0.1) is 13.2 Å². The molecule has 2 N–H and O–H groups in total.